The molecule has 20 heavy (non-hydrogen) atoms. The molecule has 4 nitrogen and oxygen atoms in total. The second kappa shape index (κ2) is 4.63. The number of fused-ring (bicyclic) bond motifs is 1. The third kappa shape index (κ3) is 1.93. The number of hydrogen-bond acceptors (Lipinski definition) is 3. The highest BCUT2D eigenvalue weighted by Gasteiger charge is 2.32. The minimum atomic E-state index is -0.0658. The predicted octanol–water partition coefficient (Wildman–Crippen LogP) is 2.87. The van der Waals surface area contributed by atoms with Crippen molar-refractivity contribution < 1.29 is 9.53 Å². The van der Waals surface area contributed by atoms with Crippen LogP contribution in [0.5, 0.6) is 5.75 Å². The molecule has 0 bridgehead atoms. The third-order valence-corrected chi connectivity index (χ3v) is 3.51. The zero-order valence-electron chi connectivity index (χ0n) is 11.8. The number of carbonyl (C=O) groups is 1. The van der Waals surface area contributed by atoms with Crippen LogP contribution >= 0.6 is 0 Å². The van der Waals surface area contributed by atoms with E-state index in [0.717, 1.165) is 28.1 Å². The summed E-state index contributed by atoms with van der Waals surface area (Å²) in [5, 5.41) is 0. The molecule has 1 amide bonds. The number of ether oxygens (including phenoxy) is 1. The van der Waals surface area contributed by atoms with Gasteiger partial charge < -0.3 is 9.64 Å². The van der Waals surface area contributed by atoms with Gasteiger partial charge in [0, 0.05) is 17.4 Å². The van der Waals surface area contributed by atoms with Crippen LogP contribution in [-0.4, -0.2) is 18.0 Å². The molecule has 3 rings (SSSR count). The highest BCUT2D eigenvalue weighted by Crippen LogP contribution is 2.33. The first kappa shape index (κ1) is 12.7. The second-order valence-corrected chi connectivity index (χ2v) is 5.08. The monoisotopic (exact) mass is 268 g/mol. The molecule has 1 aromatic carbocycles. The van der Waals surface area contributed by atoms with E-state index in [9.17, 15) is 4.79 Å². The lowest BCUT2D eigenvalue weighted by molar-refractivity contribution is 0.0992. The maximum atomic E-state index is 12.5. The van der Waals surface area contributed by atoms with Gasteiger partial charge in [0.15, 0.2) is 0 Å². The average Bonchev–Trinajstić information content (AvgIpc) is 2.75. The van der Waals surface area contributed by atoms with Gasteiger partial charge >= 0.3 is 0 Å². The molecule has 0 spiro atoms. The zero-order chi connectivity index (χ0) is 14.3. The minimum absolute atomic E-state index is 0.0658. The Morgan fingerprint density at radius 1 is 1.20 bits per heavy atom. The number of hydrogen-bond donors (Lipinski definition) is 0. The average molecular weight is 268 g/mol. The molecule has 0 unspecified atom stereocenters. The van der Waals surface area contributed by atoms with Gasteiger partial charge in [0.05, 0.1) is 13.7 Å². The Kier molecular flexibility index (Phi) is 2.93. The SMILES string of the molecule is COc1ccnc2c1CN(c1cc(C)cc(C)c1)C2=O. The molecule has 0 saturated heterocycles. The summed E-state index contributed by atoms with van der Waals surface area (Å²) in [6.07, 6.45) is 1.61. The van der Waals surface area contributed by atoms with Crippen LogP contribution in [-0.2, 0) is 6.54 Å². The summed E-state index contributed by atoms with van der Waals surface area (Å²) < 4.78 is 5.32. The van der Waals surface area contributed by atoms with E-state index in [1.54, 1.807) is 24.3 Å². The van der Waals surface area contributed by atoms with Gasteiger partial charge in [-0.15, -0.1) is 0 Å². The van der Waals surface area contributed by atoms with Crippen molar-refractivity contribution in [2.45, 2.75) is 20.4 Å². The Labute approximate surface area is 118 Å². The van der Waals surface area contributed by atoms with Crippen molar-refractivity contribution in [3.63, 3.8) is 0 Å². The standard InChI is InChI=1S/C16H16N2O2/c1-10-6-11(2)8-12(7-10)18-9-13-14(20-3)4-5-17-15(13)16(18)19/h4-8H,9H2,1-3H3. The van der Waals surface area contributed by atoms with Gasteiger partial charge in [0.1, 0.15) is 11.4 Å². The van der Waals surface area contributed by atoms with E-state index >= 15 is 0 Å². The van der Waals surface area contributed by atoms with Crippen molar-refractivity contribution >= 4 is 11.6 Å². The quantitative estimate of drug-likeness (QED) is 0.841. The molecule has 1 aliphatic rings. The first-order chi connectivity index (χ1) is 9.60. The van der Waals surface area contributed by atoms with Crippen LogP contribution in [0.25, 0.3) is 0 Å². The summed E-state index contributed by atoms with van der Waals surface area (Å²) in [6, 6.07) is 7.92. The molecule has 1 aromatic heterocycles. The summed E-state index contributed by atoms with van der Waals surface area (Å²) in [7, 11) is 1.61. The van der Waals surface area contributed by atoms with Crippen LogP contribution in [0.3, 0.4) is 0 Å². The van der Waals surface area contributed by atoms with Crippen LogP contribution in [0.4, 0.5) is 5.69 Å². The number of pyridine rings is 1. The highest BCUT2D eigenvalue weighted by molar-refractivity contribution is 6.09. The van der Waals surface area contributed by atoms with Gasteiger partial charge in [-0.25, -0.2) is 0 Å². The Hall–Kier alpha value is -2.36. The zero-order valence-corrected chi connectivity index (χ0v) is 11.8. The van der Waals surface area contributed by atoms with E-state index in [1.165, 1.54) is 0 Å². The molecule has 0 atom stereocenters. The number of aromatic nitrogens is 1. The number of aryl methyl sites for hydroxylation is 2. The number of amides is 1. The van der Waals surface area contributed by atoms with Crippen molar-refractivity contribution in [1.29, 1.82) is 0 Å². The highest BCUT2D eigenvalue weighted by atomic mass is 16.5. The van der Waals surface area contributed by atoms with Crippen LogP contribution in [0.1, 0.15) is 27.2 Å². The number of anilines is 1. The van der Waals surface area contributed by atoms with Crippen molar-refractivity contribution in [1.82, 2.24) is 4.98 Å². The summed E-state index contributed by atoms with van der Waals surface area (Å²) in [5.74, 6) is 0.652. The molecular formula is C16H16N2O2. The summed E-state index contributed by atoms with van der Waals surface area (Å²) in [4.78, 5) is 18.4. The number of methoxy groups -OCH3 is 1. The maximum absolute atomic E-state index is 12.5. The molecule has 102 valence electrons. The molecule has 1 aliphatic heterocycles. The Morgan fingerprint density at radius 2 is 1.90 bits per heavy atom. The summed E-state index contributed by atoms with van der Waals surface area (Å²) in [5.41, 5.74) is 4.54. The molecule has 0 N–H and O–H groups in total. The fourth-order valence-corrected chi connectivity index (χ4v) is 2.68. The molecule has 2 heterocycles. The number of nitrogens with zero attached hydrogens (tertiary/aromatic N) is 2. The number of carbonyl (C=O) groups excluding carboxylic acids is 1. The first-order valence-corrected chi connectivity index (χ1v) is 6.52. The largest absolute Gasteiger partial charge is 0.496 e. The maximum Gasteiger partial charge on any atom is 0.277 e. The Morgan fingerprint density at radius 3 is 2.55 bits per heavy atom. The van der Waals surface area contributed by atoms with Crippen molar-refractivity contribution in [2.24, 2.45) is 0 Å². The lowest BCUT2D eigenvalue weighted by Crippen LogP contribution is -2.23. The number of rotatable bonds is 2. The first-order valence-electron chi connectivity index (χ1n) is 6.52. The minimum Gasteiger partial charge on any atom is -0.496 e. The number of benzene rings is 1. The third-order valence-electron chi connectivity index (χ3n) is 3.51. The topological polar surface area (TPSA) is 42.4 Å². The Balaban J connectivity index is 2.05. The van der Waals surface area contributed by atoms with Crippen molar-refractivity contribution in [3.05, 3.63) is 52.8 Å². The van der Waals surface area contributed by atoms with Gasteiger partial charge in [-0.05, 0) is 43.2 Å². The lowest BCUT2D eigenvalue weighted by Gasteiger charge is -2.17. The van der Waals surface area contributed by atoms with Crippen molar-refractivity contribution in [2.75, 3.05) is 12.0 Å². The van der Waals surface area contributed by atoms with Gasteiger partial charge in [-0.2, -0.15) is 0 Å². The molecule has 0 aliphatic carbocycles. The molecule has 4 heteroatoms. The van der Waals surface area contributed by atoms with E-state index in [0.29, 0.717) is 12.2 Å². The summed E-state index contributed by atoms with van der Waals surface area (Å²) >= 11 is 0. The van der Waals surface area contributed by atoms with E-state index in [2.05, 4.69) is 11.1 Å². The van der Waals surface area contributed by atoms with Crippen LogP contribution in [0.2, 0.25) is 0 Å². The summed E-state index contributed by atoms with van der Waals surface area (Å²) in [6.45, 7) is 4.57. The van der Waals surface area contributed by atoms with Crippen LogP contribution in [0, 0.1) is 13.8 Å². The smallest absolute Gasteiger partial charge is 0.277 e. The van der Waals surface area contributed by atoms with Crippen molar-refractivity contribution in [3.8, 4) is 5.75 Å². The lowest BCUT2D eigenvalue weighted by atomic mass is 10.1. The van der Waals surface area contributed by atoms with Gasteiger partial charge in [-0.3, -0.25) is 9.78 Å². The Bertz CT molecular complexity index is 675. The van der Waals surface area contributed by atoms with Crippen LogP contribution in [0.15, 0.2) is 30.5 Å². The predicted molar refractivity (Wildman–Crippen MR) is 77.2 cm³/mol. The fraction of sp³-hybridized carbons (Fsp3) is 0.250. The van der Waals surface area contributed by atoms with E-state index in [-0.39, 0.29) is 5.91 Å². The van der Waals surface area contributed by atoms with Gasteiger partial charge in [0.2, 0.25) is 0 Å². The molecule has 0 radical (unpaired) electrons. The fourth-order valence-electron chi connectivity index (χ4n) is 2.68. The molecular weight excluding hydrogens is 252 g/mol. The normalized spacial score (nSPS) is 13.6. The van der Waals surface area contributed by atoms with E-state index in [1.807, 2.05) is 26.0 Å². The van der Waals surface area contributed by atoms with E-state index in [4.69, 9.17) is 4.74 Å². The van der Waals surface area contributed by atoms with Gasteiger partial charge in [0.25, 0.3) is 5.91 Å². The van der Waals surface area contributed by atoms with E-state index < -0.39 is 0 Å². The molecule has 0 fully saturated rings. The van der Waals surface area contributed by atoms with Crippen LogP contribution < -0.4 is 9.64 Å². The van der Waals surface area contributed by atoms with Gasteiger partial charge in [-0.1, -0.05) is 6.07 Å². The molecule has 0 saturated carbocycles. The second-order valence-electron chi connectivity index (χ2n) is 5.08. The molecule has 2 aromatic rings.